The smallest absolute Gasteiger partial charge is 0.0931 e. The molecule has 0 aromatic heterocycles. The quantitative estimate of drug-likeness (QED) is 0.658. The molecule has 66 valence electrons. The topological polar surface area (TPSA) is 21.3 Å². The second-order valence-electron chi connectivity index (χ2n) is 2.86. The van der Waals surface area contributed by atoms with Crippen LogP contribution in [0.5, 0.6) is 0 Å². The average molecular weight is 157 g/mol. The Labute approximate surface area is 69.6 Å². The molecule has 0 rings (SSSR count). The van der Waals surface area contributed by atoms with Crippen molar-refractivity contribution in [2.75, 3.05) is 7.11 Å². The van der Waals surface area contributed by atoms with Crippen LogP contribution in [0.1, 0.15) is 27.2 Å². The molecule has 0 fully saturated rings. The Morgan fingerprint density at radius 1 is 1.55 bits per heavy atom. The highest BCUT2D eigenvalue weighted by Crippen LogP contribution is 2.01. The van der Waals surface area contributed by atoms with Crippen molar-refractivity contribution in [3.8, 4) is 0 Å². The standard InChI is InChI=1S/C9H19NO/c1-6-7(2)10-8(3)9(4)11-5/h7,9-10H,3,6H2,1-2,4-5H3/t7?,9-/m0/s1. The van der Waals surface area contributed by atoms with E-state index in [1.807, 2.05) is 6.92 Å². The molecule has 0 spiro atoms. The van der Waals surface area contributed by atoms with Gasteiger partial charge in [-0.15, -0.1) is 0 Å². The Morgan fingerprint density at radius 3 is 2.45 bits per heavy atom. The Morgan fingerprint density at radius 2 is 2.09 bits per heavy atom. The fourth-order valence-electron chi connectivity index (χ4n) is 0.678. The molecule has 2 heteroatoms. The first-order valence-corrected chi connectivity index (χ1v) is 4.09. The van der Waals surface area contributed by atoms with Crippen LogP contribution in [0, 0.1) is 0 Å². The van der Waals surface area contributed by atoms with E-state index in [0.29, 0.717) is 6.04 Å². The van der Waals surface area contributed by atoms with Crippen molar-refractivity contribution in [1.82, 2.24) is 5.32 Å². The predicted molar refractivity (Wildman–Crippen MR) is 48.5 cm³/mol. The van der Waals surface area contributed by atoms with Crippen molar-refractivity contribution < 1.29 is 4.74 Å². The second-order valence-corrected chi connectivity index (χ2v) is 2.86. The third kappa shape index (κ3) is 4.04. The first-order chi connectivity index (χ1) is 5.11. The summed E-state index contributed by atoms with van der Waals surface area (Å²) < 4.78 is 5.10. The van der Waals surface area contributed by atoms with Crippen LogP contribution in [-0.4, -0.2) is 19.3 Å². The monoisotopic (exact) mass is 157 g/mol. The van der Waals surface area contributed by atoms with E-state index in [-0.39, 0.29) is 6.10 Å². The lowest BCUT2D eigenvalue weighted by Crippen LogP contribution is -2.29. The minimum absolute atomic E-state index is 0.101. The minimum atomic E-state index is 0.101. The van der Waals surface area contributed by atoms with Crippen LogP contribution in [0.2, 0.25) is 0 Å². The van der Waals surface area contributed by atoms with Crippen LogP contribution in [0.25, 0.3) is 0 Å². The number of nitrogens with one attached hydrogen (secondary N) is 1. The van der Waals surface area contributed by atoms with Gasteiger partial charge in [0.25, 0.3) is 0 Å². The number of hydrogen-bond donors (Lipinski definition) is 1. The highest BCUT2D eigenvalue weighted by Gasteiger charge is 2.06. The fraction of sp³-hybridized carbons (Fsp3) is 0.778. The lowest BCUT2D eigenvalue weighted by Gasteiger charge is -2.19. The maximum absolute atomic E-state index is 5.10. The summed E-state index contributed by atoms with van der Waals surface area (Å²) in [5.74, 6) is 0. The van der Waals surface area contributed by atoms with Gasteiger partial charge < -0.3 is 10.1 Å². The van der Waals surface area contributed by atoms with Crippen molar-refractivity contribution in [3.63, 3.8) is 0 Å². The van der Waals surface area contributed by atoms with Crippen LogP contribution < -0.4 is 5.32 Å². The number of ether oxygens (including phenoxy) is 1. The van der Waals surface area contributed by atoms with E-state index in [0.717, 1.165) is 12.1 Å². The number of methoxy groups -OCH3 is 1. The average Bonchev–Trinajstić information content (AvgIpc) is 2.02. The summed E-state index contributed by atoms with van der Waals surface area (Å²) in [7, 11) is 1.69. The van der Waals surface area contributed by atoms with Gasteiger partial charge >= 0.3 is 0 Å². The third-order valence-corrected chi connectivity index (χ3v) is 1.89. The van der Waals surface area contributed by atoms with Crippen molar-refractivity contribution in [1.29, 1.82) is 0 Å². The van der Waals surface area contributed by atoms with E-state index < -0.39 is 0 Å². The zero-order chi connectivity index (χ0) is 8.85. The van der Waals surface area contributed by atoms with Crippen LogP contribution in [-0.2, 0) is 4.74 Å². The molecule has 2 atom stereocenters. The van der Waals surface area contributed by atoms with Gasteiger partial charge in [-0.1, -0.05) is 13.5 Å². The van der Waals surface area contributed by atoms with E-state index in [4.69, 9.17) is 4.74 Å². The summed E-state index contributed by atoms with van der Waals surface area (Å²) in [6.07, 6.45) is 1.21. The fourth-order valence-corrected chi connectivity index (χ4v) is 0.678. The van der Waals surface area contributed by atoms with E-state index in [1.165, 1.54) is 0 Å². The van der Waals surface area contributed by atoms with Crippen molar-refractivity contribution in [2.45, 2.75) is 39.3 Å². The SMILES string of the molecule is C=C(NC(C)CC)[C@H](C)OC. The molecule has 0 aliphatic carbocycles. The molecule has 11 heavy (non-hydrogen) atoms. The lowest BCUT2D eigenvalue weighted by molar-refractivity contribution is 0.139. The van der Waals surface area contributed by atoms with E-state index >= 15 is 0 Å². The van der Waals surface area contributed by atoms with Crippen LogP contribution in [0.15, 0.2) is 12.3 Å². The molecule has 0 saturated heterocycles. The molecule has 1 unspecified atom stereocenters. The molecular formula is C9H19NO. The first kappa shape index (κ1) is 10.5. The Hall–Kier alpha value is -0.500. The van der Waals surface area contributed by atoms with Gasteiger partial charge in [0.05, 0.1) is 6.10 Å². The predicted octanol–water partition coefficient (Wildman–Crippen LogP) is 1.92. The lowest BCUT2D eigenvalue weighted by atomic mass is 10.2. The molecule has 0 amide bonds. The van der Waals surface area contributed by atoms with Crippen molar-refractivity contribution in [2.24, 2.45) is 0 Å². The van der Waals surface area contributed by atoms with E-state index in [9.17, 15) is 0 Å². The highest BCUT2D eigenvalue weighted by molar-refractivity contribution is 4.98. The van der Waals surface area contributed by atoms with Gasteiger partial charge in [0.1, 0.15) is 0 Å². The second kappa shape index (κ2) is 5.19. The van der Waals surface area contributed by atoms with Crippen molar-refractivity contribution in [3.05, 3.63) is 12.3 Å². The van der Waals surface area contributed by atoms with E-state index in [1.54, 1.807) is 7.11 Å². The van der Waals surface area contributed by atoms with Gasteiger partial charge in [-0.2, -0.15) is 0 Å². The van der Waals surface area contributed by atoms with Crippen LogP contribution in [0.3, 0.4) is 0 Å². The molecule has 2 nitrogen and oxygen atoms in total. The summed E-state index contributed by atoms with van der Waals surface area (Å²) >= 11 is 0. The summed E-state index contributed by atoms with van der Waals surface area (Å²) in [5.41, 5.74) is 0.960. The zero-order valence-electron chi connectivity index (χ0n) is 7.98. The molecule has 0 aliphatic rings. The molecule has 1 N–H and O–H groups in total. The normalized spacial score (nSPS) is 15.6. The van der Waals surface area contributed by atoms with Gasteiger partial charge in [0.2, 0.25) is 0 Å². The molecule has 0 saturated carbocycles. The molecule has 0 aromatic carbocycles. The largest absolute Gasteiger partial charge is 0.384 e. The summed E-state index contributed by atoms with van der Waals surface area (Å²) in [5, 5.41) is 3.26. The number of hydrogen-bond acceptors (Lipinski definition) is 2. The summed E-state index contributed by atoms with van der Waals surface area (Å²) in [6.45, 7) is 10.1. The Balaban J connectivity index is 3.68. The van der Waals surface area contributed by atoms with E-state index in [2.05, 4.69) is 25.7 Å². The molecule has 0 bridgehead atoms. The van der Waals surface area contributed by atoms with Gasteiger partial charge in [-0.3, -0.25) is 0 Å². The van der Waals surface area contributed by atoms with Gasteiger partial charge in [-0.25, -0.2) is 0 Å². The minimum Gasteiger partial charge on any atom is -0.384 e. The highest BCUT2D eigenvalue weighted by atomic mass is 16.5. The van der Waals surface area contributed by atoms with Crippen molar-refractivity contribution >= 4 is 0 Å². The molecular weight excluding hydrogens is 138 g/mol. The van der Waals surface area contributed by atoms with Crippen LogP contribution >= 0.6 is 0 Å². The molecule has 0 aliphatic heterocycles. The first-order valence-electron chi connectivity index (χ1n) is 4.09. The summed E-state index contributed by atoms with van der Waals surface area (Å²) in [6, 6.07) is 0.486. The third-order valence-electron chi connectivity index (χ3n) is 1.89. The number of rotatable bonds is 5. The molecule has 0 heterocycles. The molecule has 0 radical (unpaired) electrons. The van der Waals surface area contributed by atoms with Gasteiger partial charge in [-0.05, 0) is 20.3 Å². The maximum atomic E-state index is 5.10. The Bertz CT molecular complexity index is 123. The van der Waals surface area contributed by atoms with Crippen LogP contribution in [0.4, 0.5) is 0 Å². The van der Waals surface area contributed by atoms with Gasteiger partial charge in [0.15, 0.2) is 0 Å². The van der Waals surface area contributed by atoms with Gasteiger partial charge in [0, 0.05) is 18.8 Å². The molecule has 0 aromatic rings. The summed E-state index contributed by atoms with van der Waals surface area (Å²) in [4.78, 5) is 0. The zero-order valence-corrected chi connectivity index (χ0v) is 7.98. The Kier molecular flexibility index (Phi) is 4.95. The maximum Gasteiger partial charge on any atom is 0.0931 e.